The summed E-state index contributed by atoms with van der Waals surface area (Å²) in [6, 6.07) is 21.3. The Balaban J connectivity index is 1.88. The lowest BCUT2D eigenvalue weighted by atomic mass is 10.00. The number of carbonyl (C=O) groups is 1. The van der Waals surface area contributed by atoms with E-state index in [1.54, 1.807) is 0 Å². The smallest absolute Gasteiger partial charge is 0.167 e. The maximum atomic E-state index is 12.3. The summed E-state index contributed by atoms with van der Waals surface area (Å²) in [6.45, 7) is 0. The van der Waals surface area contributed by atoms with Crippen LogP contribution in [0.3, 0.4) is 0 Å². The molecule has 3 aromatic carbocycles. The number of hydrogen-bond donors (Lipinski definition) is 0. The number of fused-ring (bicyclic) bond motifs is 1. The summed E-state index contributed by atoms with van der Waals surface area (Å²) >= 11 is 5.94. The summed E-state index contributed by atoms with van der Waals surface area (Å²) in [5.41, 5.74) is 1.68. The number of ketones is 1. The van der Waals surface area contributed by atoms with Crippen molar-refractivity contribution in [2.24, 2.45) is 0 Å². The molecule has 3 aromatic rings. The summed E-state index contributed by atoms with van der Waals surface area (Å²) in [5.74, 6) is 0.109. The van der Waals surface area contributed by atoms with Crippen molar-refractivity contribution >= 4 is 28.2 Å². The molecule has 3 rings (SSSR count). The highest BCUT2D eigenvalue weighted by Gasteiger charge is 2.08. The Morgan fingerprint density at radius 2 is 1.65 bits per heavy atom. The maximum absolute atomic E-state index is 12.3. The second-order valence-electron chi connectivity index (χ2n) is 4.79. The van der Waals surface area contributed by atoms with Crippen LogP contribution in [0.25, 0.3) is 10.8 Å². The molecule has 1 nitrogen and oxygen atoms in total. The van der Waals surface area contributed by atoms with Crippen LogP contribution in [-0.4, -0.2) is 5.78 Å². The Morgan fingerprint density at radius 3 is 2.45 bits per heavy atom. The minimum Gasteiger partial charge on any atom is -0.294 e. The molecule has 0 saturated heterocycles. The fourth-order valence-corrected chi connectivity index (χ4v) is 2.51. The van der Waals surface area contributed by atoms with Crippen molar-refractivity contribution in [2.75, 3.05) is 0 Å². The van der Waals surface area contributed by atoms with Gasteiger partial charge in [-0.3, -0.25) is 4.79 Å². The first kappa shape index (κ1) is 12.9. The van der Waals surface area contributed by atoms with E-state index < -0.39 is 0 Å². The molecule has 0 aliphatic heterocycles. The molecule has 0 spiro atoms. The molecule has 98 valence electrons. The molecule has 0 radical (unpaired) electrons. The van der Waals surface area contributed by atoms with Gasteiger partial charge in [0.05, 0.1) is 0 Å². The van der Waals surface area contributed by atoms with E-state index in [2.05, 4.69) is 0 Å². The molecule has 0 N–H and O–H groups in total. The number of benzene rings is 3. The number of rotatable bonds is 3. The Hall–Kier alpha value is -2.12. The molecular formula is C18H13ClO. The fraction of sp³-hybridized carbons (Fsp3) is 0.0556. The normalized spacial score (nSPS) is 10.7. The Labute approximate surface area is 122 Å². The Bertz CT molecular complexity index is 777. The lowest BCUT2D eigenvalue weighted by Crippen LogP contribution is -2.03. The molecule has 0 atom stereocenters. The van der Waals surface area contributed by atoms with Crippen LogP contribution in [0, 0.1) is 0 Å². The number of carbonyl (C=O) groups excluding carboxylic acids is 1. The van der Waals surface area contributed by atoms with Gasteiger partial charge in [0.2, 0.25) is 0 Å². The van der Waals surface area contributed by atoms with Crippen LogP contribution in [0.4, 0.5) is 0 Å². The van der Waals surface area contributed by atoms with E-state index >= 15 is 0 Å². The molecule has 0 bridgehead atoms. The van der Waals surface area contributed by atoms with Gasteiger partial charge in [0, 0.05) is 17.0 Å². The first-order valence-electron chi connectivity index (χ1n) is 6.49. The van der Waals surface area contributed by atoms with Gasteiger partial charge in [-0.1, -0.05) is 60.1 Å². The van der Waals surface area contributed by atoms with Gasteiger partial charge in [-0.25, -0.2) is 0 Å². The standard InChI is InChI=1S/C18H13ClO/c19-17-7-3-4-13(10-17)11-18(20)16-9-8-14-5-1-2-6-15(14)12-16/h1-10,12H,11H2. The molecule has 20 heavy (non-hydrogen) atoms. The largest absolute Gasteiger partial charge is 0.294 e. The van der Waals surface area contributed by atoms with Gasteiger partial charge in [-0.2, -0.15) is 0 Å². The lowest BCUT2D eigenvalue weighted by molar-refractivity contribution is 0.0993. The van der Waals surface area contributed by atoms with E-state index in [-0.39, 0.29) is 5.78 Å². The summed E-state index contributed by atoms with van der Waals surface area (Å²) in [5, 5.41) is 2.89. The summed E-state index contributed by atoms with van der Waals surface area (Å²) in [6.07, 6.45) is 0.374. The monoisotopic (exact) mass is 280 g/mol. The van der Waals surface area contributed by atoms with Crippen molar-refractivity contribution in [3.8, 4) is 0 Å². The van der Waals surface area contributed by atoms with E-state index in [9.17, 15) is 4.79 Å². The average molecular weight is 281 g/mol. The van der Waals surface area contributed by atoms with Gasteiger partial charge in [-0.05, 0) is 34.5 Å². The Morgan fingerprint density at radius 1 is 0.850 bits per heavy atom. The van der Waals surface area contributed by atoms with Crippen LogP contribution < -0.4 is 0 Å². The van der Waals surface area contributed by atoms with Crippen molar-refractivity contribution in [3.05, 3.63) is 82.9 Å². The van der Waals surface area contributed by atoms with Gasteiger partial charge >= 0.3 is 0 Å². The molecule has 0 saturated carbocycles. The van der Waals surface area contributed by atoms with Crippen molar-refractivity contribution in [1.29, 1.82) is 0 Å². The molecule has 0 aliphatic rings. The lowest BCUT2D eigenvalue weighted by Gasteiger charge is -2.04. The zero-order valence-corrected chi connectivity index (χ0v) is 11.6. The van der Waals surface area contributed by atoms with Crippen molar-refractivity contribution in [2.45, 2.75) is 6.42 Å². The minimum atomic E-state index is 0.109. The summed E-state index contributed by atoms with van der Waals surface area (Å²) < 4.78 is 0. The second kappa shape index (κ2) is 5.48. The van der Waals surface area contributed by atoms with Crippen LogP contribution in [0.5, 0.6) is 0 Å². The molecular weight excluding hydrogens is 268 g/mol. The molecule has 0 unspecified atom stereocenters. The molecule has 0 heterocycles. The highest BCUT2D eigenvalue weighted by molar-refractivity contribution is 6.30. The van der Waals surface area contributed by atoms with Gasteiger partial charge in [0.15, 0.2) is 5.78 Å². The van der Waals surface area contributed by atoms with E-state index in [4.69, 9.17) is 11.6 Å². The average Bonchev–Trinajstić information content (AvgIpc) is 2.47. The van der Waals surface area contributed by atoms with Crippen LogP contribution in [-0.2, 0) is 6.42 Å². The summed E-state index contributed by atoms with van der Waals surface area (Å²) in [4.78, 5) is 12.3. The zero-order valence-electron chi connectivity index (χ0n) is 10.8. The van der Waals surface area contributed by atoms with Crippen molar-refractivity contribution in [3.63, 3.8) is 0 Å². The van der Waals surface area contributed by atoms with E-state index in [0.29, 0.717) is 11.4 Å². The van der Waals surface area contributed by atoms with Crippen LogP contribution >= 0.6 is 11.6 Å². The highest BCUT2D eigenvalue weighted by Crippen LogP contribution is 2.18. The predicted octanol–water partition coefficient (Wildman–Crippen LogP) is 4.92. The van der Waals surface area contributed by atoms with Crippen LogP contribution in [0.15, 0.2) is 66.7 Å². The summed E-state index contributed by atoms with van der Waals surface area (Å²) in [7, 11) is 0. The van der Waals surface area contributed by atoms with E-state index in [1.165, 1.54) is 0 Å². The zero-order chi connectivity index (χ0) is 13.9. The highest BCUT2D eigenvalue weighted by atomic mass is 35.5. The topological polar surface area (TPSA) is 17.1 Å². The molecule has 0 fully saturated rings. The third-order valence-corrected chi connectivity index (χ3v) is 3.56. The van der Waals surface area contributed by atoms with Crippen LogP contribution in [0.2, 0.25) is 5.02 Å². The van der Waals surface area contributed by atoms with Crippen LogP contribution in [0.1, 0.15) is 15.9 Å². The first-order chi connectivity index (χ1) is 9.72. The van der Waals surface area contributed by atoms with Gasteiger partial charge in [-0.15, -0.1) is 0 Å². The van der Waals surface area contributed by atoms with E-state index in [1.807, 2.05) is 66.7 Å². The quantitative estimate of drug-likeness (QED) is 0.623. The first-order valence-corrected chi connectivity index (χ1v) is 6.86. The number of halogens is 1. The third kappa shape index (κ3) is 2.73. The van der Waals surface area contributed by atoms with E-state index in [0.717, 1.165) is 21.9 Å². The maximum Gasteiger partial charge on any atom is 0.167 e. The molecule has 0 aromatic heterocycles. The Kier molecular flexibility index (Phi) is 3.53. The second-order valence-corrected chi connectivity index (χ2v) is 5.23. The number of hydrogen-bond acceptors (Lipinski definition) is 1. The van der Waals surface area contributed by atoms with Gasteiger partial charge in [0.1, 0.15) is 0 Å². The van der Waals surface area contributed by atoms with Crippen molar-refractivity contribution < 1.29 is 4.79 Å². The minimum absolute atomic E-state index is 0.109. The third-order valence-electron chi connectivity index (χ3n) is 3.33. The van der Waals surface area contributed by atoms with Gasteiger partial charge < -0.3 is 0 Å². The fourth-order valence-electron chi connectivity index (χ4n) is 2.30. The SMILES string of the molecule is O=C(Cc1cccc(Cl)c1)c1ccc2ccccc2c1. The van der Waals surface area contributed by atoms with Gasteiger partial charge in [0.25, 0.3) is 0 Å². The molecule has 2 heteroatoms. The van der Waals surface area contributed by atoms with Crippen molar-refractivity contribution in [1.82, 2.24) is 0 Å². The molecule has 0 aliphatic carbocycles. The molecule has 0 amide bonds. The number of Topliss-reactive ketones (excluding diaryl/α,β-unsaturated/α-hetero) is 1. The predicted molar refractivity (Wildman–Crippen MR) is 83.4 cm³/mol.